The van der Waals surface area contributed by atoms with Crippen LogP contribution in [-0.4, -0.2) is 26.8 Å². The lowest BCUT2D eigenvalue weighted by atomic mass is 10.3. The first-order valence-electron chi connectivity index (χ1n) is 3.68. The highest BCUT2D eigenvalue weighted by molar-refractivity contribution is 4.98. The van der Waals surface area contributed by atoms with E-state index >= 15 is 0 Å². The first-order chi connectivity index (χ1) is 5.70. The lowest BCUT2D eigenvalue weighted by molar-refractivity contribution is -0.121. The van der Waals surface area contributed by atoms with Crippen molar-refractivity contribution in [2.24, 2.45) is 0 Å². The number of aromatic nitrogens is 3. The monoisotopic (exact) mass is 169 g/mol. The second-order valence-electron chi connectivity index (χ2n) is 2.42. The number of hydrogen-bond acceptors (Lipinski definition) is 5. The third kappa shape index (κ3) is 2.52. The van der Waals surface area contributed by atoms with Gasteiger partial charge in [-0.1, -0.05) is 0 Å². The van der Waals surface area contributed by atoms with E-state index in [0.29, 0.717) is 5.69 Å². The molecule has 2 atom stereocenters. The molecule has 1 N–H and O–H groups in total. The van der Waals surface area contributed by atoms with Crippen LogP contribution < -0.4 is 0 Å². The topological polar surface area (TPSA) is 68.1 Å². The first-order valence-corrected chi connectivity index (χ1v) is 3.68. The van der Waals surface area contributed by atoms with E-state index < -0.39 is 6.29 Å². The van der Waals surface area contributed by atoms with Crippen LogP contribution in [0.3, 0.4) is 0 Å². The van der Waals surface area contributed by atoms with Gasteiger partial charge in [0.1, 0.15) is 6.10 Å². The summed E-state index contributed by atoms with van der Waals surface area (Å²) in [5.41, 5.74) is 0.658. The number of aliphatic hydroxyl groups is 1. The van der Waals surface area contributed by atoms with Crippen LogP contribution in [0.2, 0.25) is 0 Å². The van der Waals surface area contributed by atoms with E-state index in [1.54, 1.807) is 19.9 Å². The molecule has 5 heteroatoms. The van der Waals surface area contributed by atoms with Crippen molar-refractivity contribution in [3.05, 3.63) is 18.0 Å². The number of nitrogens with zero attached hydrogens (tertiary/aromatic N) is 3. The normalized spacial score (nSPS) is 15.6. The zero-order valence-electron chi connectivity index (χ0n) is 7.01. The molecule has 1 heterocycles. The fraction of sp³-hybridized carbons (Fsp3) is 0.571. The smallest absolute Gasteiger partial charge is 0.152 e. The van der Waals surface area contributed by atoms with Crippen LogP contribution in [0.15, 0.2) is 12.3 Å². The highest BCUT2D eigenvalue weighted by Crippen LogP contribution is 2.13. The van der Waals surface area contributed by atoms with Gasteiger partial charge in [-0.3, -0.25) is 0 Å². The van der Waals surface area contributed by atoms with Crippen molar-refractivity contribution in [3.63, 3.8) is 0 Å². The summed E-state index contributed by atoms with van der Waals surface area (Å²) in [6.07, 6.45) is 0.472. The van der Waals surface area contributed by atoms with E-state index in [-0.39, 0.29) is 6.10 Å². The summed E-state index contributed by atoms with van der Waals surface area (Å²) < 4.78 is 5.06. The lowest BCUT2D eigenvalue weighted by Crippen LogP contribution is -2.11. The lowest BCUT2D eigenvalue weighted by Gasteiger charge is -2.12. The third-order valence-electron chi connectivity index (χ3n) is 1.34. The van der Waals surface area contributed by atoms with Crippen LogP contribution in [0, 0.1) is 0 Å². The van der Waals surface area contributed by atoms with Crippen molar-refractivity contribution in [2.45, 2.75) is 26.2 Å². The Balaban J connectivity index is 2.59. The van der Waals surface area contributed by atoms with Crippen LogP contribution in [0.1, 0.15) is 25.6 Å². The average molecular weight is 169 g/mol. The summed E-state index contributed by atoms with van der Waals surface area (Å²) >= 11 is 0. The van der Waals surface area contributed by atoms with Crippen molar-refractivity contribution in [2.75, 3.05) is 0 Å². The Bertz CT molecular complexity index is 227. The molecule has 0 saturated heterocycles. The Hall–Kier alpha value is -1.07. The Morgan fingerprint density at radius 1 is 1.50 bits per heavy atom. The molecular formula is C7H11N3O2. The van der Waals surface area contributed by atoms with Crippen LogP contribution in [0.4, 0.5) is 0 Å². The van der Waals surface area contributed by atoms with Gasteiger partial charge in [-0.2, -0.15) is 0 Å². The molecule has 1 rings (SSSR count). The summed E-state index contributed by atoms with van der Waals surface area (Å²) in [5, 5.41) is 19.6. The summed E-state index contributed by atoms with van der Waals surface area (Å²) in [6, 6.07) is 1.69. The van der Waals surface area contributed by atoms with Crippen LogP contribution in [0.25, 0.3) is 0 Å². The van der Waals surface area contributed by atoms with Crippen molar-refractivity contribution in [3.8, 4) is 0 Å². The molecule has 0 radical (unpaired) electrons. The standard InChI is InChI=1S/C7H11N3O2/c1-5(12-6(2)11)7-3-4-8-10-9-7/h3-6,11H,1-2H3. The van der Waals surface area contributed by atoms with Gasteiger partial charge in [0.15, 0.2) is 6.29 Å². The van der Waals surface area contributed by atoms with Crippen LogP contribution >= 0.6 is 0 Å². The molecule has 0 bridgehead atoms. The average Bonchev–Trinajstić information content (AvgIpc) is 2.05. The Morgan fingerprint density at radius 3 is 2.75 bits per heavy atom. The van der Waals surface area contributed by atoms with Gasteiger partial charge < -0.3 is 9.84 Å². The molecule has 0 spiro atoms. The fourth-order valence-electron chi connectivity index (χ4n) is 0.832. The Morgan fingerprint density at radius 2 is 2.25 bits per heavy atom. The van der Waals surface area contributed by atoms with E-state index in [0.717, 1.165) is 0 Å². The van der Waals surface area contributed by atoms with E-state index in [9.17, 15) is 0 Å². The van der Waals surface area contributed by atoms with Gasteiger partial charge in [0.25, 0.3) is 0 Å². The molecule has 0 fully saturated rings. The number of rotatable bonds is 3. The predicted octanol–water partition coefficient (Wildman–Crippen LogP) is 0.287. The zero-order chi connectivity index (χ0) is 8.97. The third-order valence-corrected chi connectivity index (χ3v) is 1.34. The molecule has 5 nitrogen and oxygen atoms in total. The second-order valence-corrected chi connectivity index (χ2v) is 2.42. The minimum absolute atomic E-state index is 0.263. The summed E-state index contributed by atoms with van der Waals surface area (Å²) in [7, 11) is 0. The minimum Gasteiger partial charge on any atom is -0.368 e. The van der Waals surface area contributed by atoms with Crippen molar-refractivity contribution >= 4 is 0 Å². The van der Waals surface area contributed by atoms with E-state index in [1.807, 2.05) is 0 Å². The predicted molar refractivity (Wildman–Crippen MR) is 41.0 cm³/mol. The SMILES string of the molecule is CC(O)OC(C)c1ccnnn1. The van der Waals surface area contributed by atoms with Crippen LogP contribution in [0.5, 0.6) is 0 Å². The van der Waals surface area contributed by atoms with Crippen molar-refractivity contribution in [1.29, 1.82) is 0 Å². The number of aliphatic hydroxyl groups excluding tert-OH is 1. The molecule has 0 aromatic carbocycles. The maximum Gasteiger partial charge on any atom is 0.152 e. The highest BCUT2D eigenvalue weighted by Gasteiger charge is 2.09. The molecule has 66 valence electrons. The quantitative estimate of drug-likeness (QED) is 0.658. The summed E-state index contributed by atoms with van der Waals surface area (Å²) in [6.45, 7) is 3.34. The molecule has 1 aromatic heterocycles. The molecule has 0 saturated carbocycles. The first kappa shape index (κ1) is 9.02. The summed E-state index contributed by atoms with van der Waals surface area (Å²) in [4.78, 5) is 0. The molecule has 12 heavy (non-hydrogen) atoms. The van der Waals surface area contributed by atoms with Gasteiger partial charge >= 0.3 is 0 Å². The van der Waals surface area contributed by atoms with Gasteiger partial charge in [-0.25, -0.2) is 0 Å². The highest BCUT2D eigenvalue weighted by atomic mass is 16.6. The van der Waals surface area contributed by atoms with E-state index in [4.69, 9.17) is 9.84 Å². The van der Waals surface area contributed by atoms with Crippen molar-refractivity contribution in [1.82, 2.24) is 15.4 Å². The Kier molecular flexibility index (Phi) is 3.07. The maximum absolute atomic E-state index is 8.90. The molecule has 0 aliphatic heterocycles. The van der Waals surface area contributed by atoms with E-state index in [2.05, 4.69) is 15.4 Å². The van der Waals surface area contributed by atoms with Gasteiger partial charge in [-0.15, -0.1) is 10.2 Å². The fourth-order valence-corrected chi connectivity index (χ4v) is 0.832. The van der Waals surface area contributed by atoms with Gasteiger partial charge in [0.05, 0.1) is 11.9 Å². The van der Waals surface area contributed by atoms with Gasteiger partial charge in [0.2, 0.25) is 0 Å². The minimum atomic E-state index is -0.796. The maximum atomic E-state index is 8.90. The molecular weight excluding hydrogens is 158 g/mol. The molecule has 2 unspecified atom stereocenters. The van der Waals surface area contributed by atoms with Crippen molar-refractivity contribution < 1.29 is 9.84 Å². The van der Waals surface area contributed by atoms with Crippen LogP contribution in [-0.2, 0) is 4.74 Å². The largest absolute Gasteiger partial charge is 0.368 e. The zero-order valence-corrected chi connectivity index (χ0v) is 7.01. The number of hydrogen-bond donors (Lipinski definition) is 1. The van der Waals surface area contributed by atoms with E-state index in [1.165, 1.54) is 6.20 Å². The van der Waals surface area contributed by atoms with Gasteiger partial charge in [-0.05, 0) is 25.1 Å². The van der Waals surface area contributed by atoms with Gasteiger partial charge in [0, 0.05) is 0 Å². The number of ether oxygens (including phenoxy) is 1. The molecule has 0 aliphatic carbocycles. The Labute approximate surface area is 70.4 Å². The molecule has 1 aromatic rings. The molecule has 0 aliphatic rings. The summed E-state index contributed by atoms with van der Waals surface area (Å²) in [5.74, 6) is 0. The molecule has 0 amide bonds. The second kappa shape index (κ2) is 4.08.